The zero-order chi connectivity index (χ0) is 14.3. The highest BCUT2D eigenvalue weighted by Crippen LogP contribution is 2.21. The van der Waals surface area contributed by atoms with E-state index in [-0.39, 0.29) is 12.3 Å². The maximum Gasteiger partial charge on any atom is 0.230 e. The highest BCUT2D eigenvalue weighted by Gasteiger charge is 2.18. The van der Waals surface area contributed by atoms with Crippen LogP contribution in [0, 0.1) is 0 Å². The Kier molecular flexibility index (Phi) is 6.24. The van der Waals surface area contributed by atoms with Crippen molar-refractivity contribution >= 4 is 33.5 Å². The number of nitrogens with one attached hydrogen (secondary N) is 1. The molecule has 1 amide bonds. The minimum Gasteiger partial charge on any atom is -0.544 e. The molecule has 0 aromatic heterocycles. The summed E-state index contributed by atoms with van der Waals surface area (Å²) in [5.41, 5.74) is 0.605. The normalized spacial score (nSPS) is 11.6. The molecule has 0 aliphatic carbocycles. The second-order valence-corrected chi connectivity index (χ2v) is 4.77. The van der Waals surface area contributed by atoms with Crippen molar-refractivity contribution in [1.29, 1.82) is 0 Å². The Labute approximate surface area is 119 Å². The van der Waals surface area contributed by atoms with Crippen molar-refractivity contribution in [3.63, 3.8) is 0 Å². The van der Waals surface area contributed by atoms with Gasteiger partial charge in [-0.2, -0.15) is 0 Å². The summed E-state index contributed by atoms with van der Waals surface area (Å²) >= 11 is 3.30. The zero-order valence-corrected chi connectivity index (χ0v) is 11.9. The summed E-state index contributed by atoms with van der Waals surface area (Å²) in [6.45, 7) is 3.92. The number of rotatable bonds is 7. The number of halogens is 1. The van der Waals surface area contributed by atoms with Gasteiger partial charge in [0.25, 0.3) is 0 Å². The second-order valence-electron chi connectivity index (χ2n) is 3.92. The van der Waals surface area contributed by atoms with Crippen LogP contribution >= 0.6 is 15.9 Å². The largest absolute Gasteiger partial charge is 0.544 e. The number of carboxylic acids is 1. The number of benzene rings is 1. The van der Waals surface area contributed by atoms with Crippen molar-refractivity contribution < 1.29 is 20.0 Å². The van der Waals surface area contributed by atoms with Crippen molar-refractivity contribution in [2.45, 2.75) is 12.5 Å². The van der Waals surface area contributed by atoms with Crippen molar-refractivity contribution in [3.05, 3.63) is 41.4 Å². The first kappa shape index (κ1) is 15.4. The Morgan fingerprint density at radius 1 is 1.47 bits per heavy atom. The van der Waals surface area contributed by atoms with Crippen LogP contribution in [0.3, 0.4) is 0 Å². The van der Waals surface area contributed by atoms with Crippen LogP contribution in [0.4, 0.5) is 5.69 Å². The third kappa shape index (κ3) is 5.23. The van der Waals surface area contributed by atoms with Crippen molar-refractivity contribution in [1.82, 2.24) is 0 Å². The molecule has 1 atom stereocenters. The van der Waals surface area contributed by atoms with Gasteiger partial charge in [-0.3, -0.25) is 4.79 Å². The van der Waals surface area contributed by atoms with Crippen LogP contribution in [0.2, 0.25) is 0 Å². The molecule has 6 heteroatoms. The van der Waals surface area contributed by atoms with Gasteiger partial charge in [-0.1, -0.05) is 18.7 Å². The van der Waals surface area contributed by atoms with Gasteiger partial charge in [0.2, 0.25) is 5.91 Å². The number of quaternary nitrogens is 1. The molecule has 1 rings (SSSR count). The molecule has 0 radical (unpaired) electrons. The molecule has 5 nitrogen and oxygen atoms in total. The van der Waals surface area contributed by atoms with Gasteiger partial charge in [0.05, 0.1) is 24.6 Å². The van der Waals surface area contributed by atoms with E-state index in [0.717, 1.165) is 4.47 Å². The van der Waals surface area contributed by atoms with Gasteiger partial charge in [0.1, 0.15) is 6.04 Å². The number of aliphatic carboxylic acids is 1. The first-order valence-corrected chi connectivity index (χ1v) is 6.53. The van der Waals surface area contributed by atoms with E-state index in [2.05, 4.69) is 27.8 Å². The summed E-state index contributed by atoms with van der Waals surface area (Å²) in [5.74, 6) is -1.63. The second kappa shape index (κ2) is 7.70. The van der Waals surface area contributed by atoms with E-state index < -0.39 is 12.0 Å². The van der Waals surface area contributed by atoms with Gasteiger partial charge in [0, 0.05) is 4.47 Å². The first-order chi connectivity index (χ1) is 9.04. The lowest BCUT2D eigenvalue weighted by atomic mass is 10.2. The predicted octanol–water partition coefficient (Wildman–Crippen LogP) is -0.354. The zero-order valence-electron chi connectivity index (χ0n) is 10.3. The van der Waals surface area contributed by atoms with E-state index in [1.807, 2.05) is 6.07 Å². The van der Waals surface area contributed by atoms with Crippen LogP contribution in [-0.4, -0.2) is 24.5 Å². The smallest absolute Gasteiger partial charge is 0.230 e. The predicted molar refractivity (Wildman–Crippen MR) is 73.2 cm³/mol. The molecule has 1 aromatic rings. The van der Waals surface area contributed by atoms with E-state index in [9.17, 15) is 14.7 Å². The summed E-state index contributed by atoms with van der Waals surface area (Å²) < 4.78 is 0.739. The van der Waals surface area contributed by atoms with E-state index in [1.165, 1.54) is 5.32 Å². The summed E-state index contributed by atoms with van der Waals surface area (Å²) in [5, 5.41) is 15.0. The van der Waals surface area contributed by atoms with Crippen molar-refractivity contribution in [2.75, 3.05) is 11.9 Å². The molecule has 3 N–H and O–H groups in total. The highest BCUT2D eigenvalue weighted by atomic mass is 79.9. The van der Waals surface area contributed by atoms with Gasteiger partial charge in [-0.15, -0.1) is 0 Å². The van der Waals surface area contributed by atoms with E-state index >= 15 is 0 Å². The number of hydrogen-bond donors (Lipinski definition) is 2. The Morgan fingerprint density at radius 3 is 2.74 bits per heavy atom. The van der Waals surface area contributed by atoms with E-state index in [1.54, 1.807) is 24.3 Å². The summed E-state index contributed by atoms with van der Waals surface area (Å²) in [7, 11) is 0. The molecule has 0 aliphatic rings. The Hall–Kier alpha value is -1.66. The molecule has 0 bridgehead atoms. The molecule has 102 valence electrons. The average molecular weight is 327 g/mol. The Bertz CT molecular complexity index is 477. The topological polar surface area (TPSA) is 85.8 Å². The quantitative estimate of drug-likeness (QED) is 0.671. The average Bonchev–Trinajstić information content (AvgIpc) is 2.37. The molecule has 19 heavy (non-hydrogen) atoms. The molecule has 0 fully saturated rings. The van der Waals surface area contributed by atoms with Crippen LogP contribution in [0.5, 0.6) is 0 Å². The summed E-state index contributed by atoms with van der Waals surface area (Å²) in [6, 6.07) is 6.20. The molecule has 0 heterocycles. The third-order valence-corrected chi connectivity index (χ3v) is 3.13. The first-order valence-electron chi connectivity index (χ1n) is 5.74. The monoisotopic (exact) mass is 326 g/mol. The highest BCUT2D eigenvalue weighted by molar-refractivity contribution is 9.10. The molecular weight excluding hydrogens is 312 g/mol. The molecule has 0 saturated heterocycles. The Morgan fingerprint density at radius 2 is 2.16 bits per heavy atom. The fraction of sp³-hybridized carbons (Fsp3) is 0.231. The number of hydrogen-bond acceptors (Lipinski definition) is 3. The molecule has 0 saturated carbocycles. The number of carbonyl (C=O) groups is 2. The Balaban J connectivity index is 2.60. The number of carboxylic acid groups (broad SMARTS) is 1. The maximum atomic E-state index is 11.8. The van der Waals surface area contributed by atoms with Crippen LogP contribution in [-0.2, 0) is 9.59 Å². The molecule has 0 unspecified atom stereocenters. The SMILES string of the molecule is C=CC[NH2+][C@H](CC(=O)Nc1ccccc1Br)C(=O)[O-]. The number of anilines is 1. The van der Waals surface area contributed by atoms with Crippen LogP contribution in [0.15, 0.2) is 41.4 Å². The molecule has 0 aliphatic heterocycles. The fourth-order valence-electron chi connectivity index (χ4n) is 1.49. The number of para-hydroxylation sites is 1. The van der Waals surface area contributed by atoms with Crippen molar-refractivity contribution in [3.8, 4) is 0 Å². The van der Waals surface area contributed by atoms with Crippen LogP contribution in [0.1, 0.15) is 6.42 Å². The van der Waals surface area contributed by atoms with Gasteiger partial charge in [-0.05, 0) is 34.1 Å². The van der Waals surface area contributed by atoms with Gasteiger partial charge in [-0.25, -0.2) is 0 Å². The number of nitrogens with two attached hydrogens (primary N) is 1. The lowest BCUT2D eigenvalue weighted by Crippen LogP contribution is -2.93. The van der Waals surface area contributed by atoms with Crippen molar-refractivity contribution in [2.24, 2.45) is 0 Å². The van der Waals surface area contributed by atoms with Crippen LogP contribution < -0.4 is 15.7 Å². The summed E-state index contributed by atoms with van der Waals surface area (Å²) in [4.78, 5) is 22.7. The minimum atomic E-state index is -1.26. The standard InChI is InChI=1S/C13H15BrN2O3/c1-2-7-15-11(13(18)19)8-12(17)16-10-6-4-3-5-9(10)14/h2-6,11,15H,1,7-8H2,(H,16,17)(H,18,19)/t11-/m1/s1. The minimum absolute atomic E-state index is 0.155. The lowest BCUT2D eigenvalue weighted by molar-refractivity contribution is -0.674. The number of amides is 1. The molecule has 1 aromatic carbocycles. The molecule has 0 spiro atoms. The number of carbonyl (C=O) groups excluding carboxylic acids is 2. The maximum absolute atomic E-state index is 11.8. The van der Waals surface area contributed by atoms with Gasteiger partial charge in [0.15, 0.2) is 0 Å². The third-order valence-electron chi connectivity index (χ3n) is 2.44. The van der Waals surface area contributed by atoms with E-state index in [4.69, 9.17) is 0 Å². The summed E-state index contributed by atoms with van der Waals surface area (Å²) in [6.07, 6.45) is 1.42. The lowest BCUT2D eigenvalue weighted by Gasteiger charge is -2.15. The molecular formula is C13H15BrN2O3. The van der Waals surface area contributed by atoms with Gasteiger partial charge >= 0.3 is 0 Å². The van der Waals surface area contributed by atoms with Crippen LogP contribution in [0.25, 0.3) is 0 Å². The fourth-order valence-corrected chi connectivity index (χ4v) is 1.87. The van der Waals surface area contributed by atoms with E-state index in [0.29, 0.717) is 12.2 Å². The van der Waals surface area contributed by atoms with Gasteiger partial charge < -0.3 is 20.5 Å².